The Morgan fingerprint density at radius 3 is 2.79 bits per heavy atom. The third-order valence-corrected chi connectivity index (χ3v) is 6.17. The summed E-state index contributed by atoms with van der Waals surface area (Å²) in [6.45, 7) is 7.32. The van der Waals surface area contributed by atoms with Gasteiger partial charge in [0.15, 0.2) is 0 Å². The predicted molar refractivity (Wildman–Crippen MR) is 108 cm³/mol. The van der Waals surface area contributed by atoms with E-state index in [9.17, 15) is 8.42 Å². The number of pyridine rings is 1. The fourth-order valence-electron chi connectivity index (χ4n) is 2.97. The number of aryl methyl sites for hydroxylation is 1. The van der Waals surface area contributed by atoms with Gasteiger partial charge in [0.25, 0.3) is 0 Å². The third-order valence-electron chi connectivity index (χ3n) is 4.75. The van der Waals surface area contributed by atoms with Crippen LogP contribution in [-0.2, 0) is 20.3 Å². The van der Waals surface area contributed by atoms with Gasteiger partial charge in [-0.25, -0.2) is 18.1 Å². The Hall–Kier alpha value is -1.97. The van der Waals surface area contributed by atoms with Crippen molar-refractivity contribution in [2.75, 3.05) is 25.0 Å². The van der Waals surface area contributed by atoms with Gasteiger partial charge in [-0.15, -0.1) is 0 Å². The molecule has 0 amide bonds. The van der Waals surface area contributed by atoms with Gasteiger partial charge in [-0.1, -0.05) is 0 Å². The van der Waals surface area contributed by atoms with E-state index >= 15 is 0 Å². The second-order valence-corrected chi connectivity index (χ2v) is 9.29. The van der Waals surface area contributed by atoms with Crippen molar-refractivity contribution in [3.05, 3.63) is 36.3 Å². The van der Waals surface area contributed by atoms with Crippen molar-refractivity contribution >= 4 is 15.8 Å². The highest BCUT2D eigenvalue weighted by Crippen LogP contribution is 2.42. The molecule has 1 aliphatic carbocycles. The van der Waals surface area contributed by atoms with E-state index in [0.29, 0.717) is 25.5 Å². The smallest absolute Gasteiger partial charge is 0.244 e. The van der Waals surface area contributed by atoms with E-state index < -0.39 is 10.0 Å². The second kappa shape index (κ2) is 8.59. The molecule has 0 aromatic carbocycles. The molecule has 2 aromatic rings. The van der Waals surface area contributed by atoms with Crippen LogP contribution in [0.25, 0.3) is 0 Å². The maximum Gasteiger partial charge on any atom is 0.244 e. The van der Waals surface area contributed by atoms with Crippen LogP contribution in [0.2, 0.25) is 0 Å². The number of rotatable bonds is 11. The summed E-state index contributed by atoms with van der Waals surface area (Å²) in [5, 5.41) is 7.40. The molecule has 0 bridgehead atoms. The minimum atomic E-state index is -3.70. The van der Waals surface area contributed by atoms with E-state index in [0.717, 1.165) is 24.8 Å². The van der Waals surface area contributed by atoms with Gasteiger partial charge in [0, 0.05) is 38.3 Å². The monoisotopic (exact) mass is 407 g/mol. The fraction of sp³-hybridized carbons (Fsp3) is 0.579. The summed E-state index contributed by atoms with van der Waals surface area (Å²) < 4.78 is 36.1. The van der Waals surface area contributed by atoms with E-state index in [1.54, 1.807) is 18.5 Å². The van der Waals surface area contributed by atoms with Gasteiger partial charge in [-0.3, -0.25) is 4.68 Å². The van der Waals surface area contributed by atoms with Crippen LogP contribution in [0.1, 0.15) is 38.7 Å². The molecule has 2 heterocycles. The Kier molecular flexibility index (Phi) is 6.36. The molecule has 2 N–H and O–H groups in total. The van der Waals surface area contributed by atoms with Crippen molar-refractivity contribution in [3.63, 3.8) is 0 Å². The largest absolute Gasteiger partial charge is 0.379 e. The Bertz CT molecular complexity index is 877. The predicted octanol–water partition coefficient (Wildman–Crippen LogP) is 2.28. The normalized spacial score (nSPS) is 15.7. The molecular formula is C19H29N5O3S. The summed E-state index contributed by atoms with van der Waals surface area (Å²) in [4.78, 5) is 4.47. The van der Waals surface area contributed by atoms with Crippen LogP contribution < -0.4 is 10.0 Å². The minimum Gasteiger partial charge on any atom is -0.379 e. The van der Waals surface area contributed by atoms with Gasteiger partial charge in [0.05, 0.1) is 11.6 Å². The van der Waals surface area contributed by atoms with Crippen LogP contribution in [0.15, 0.2) is 35.6 Å². The fourth-order valence-corrected chi connectivity index (χ4v) is 4.30. The molecule has 1 aliphatic rings. The van der Waals surface area contributed by atoms with Gasteiger partial charge in [-0.2, -0.15) is 5.10 Å². The highest BCUT2D eigenvalue weighted by Gasteiger charge is 2.46. The van der Waals surface area contributed by atoms with Crippen LogP contribution in [0.4, 0.5) is 5.82 Å². The van der Waals surface area contributed by atoms with Crippen LogP contribution in [0, 0.1) is 6.92 Å². The number of hydrogen-bond acceptors (Lipinski definition) is 6. The summed E-state index contributed by atoms with van der Waals surface area (Å²) in [6.07, 6.45) is 8.02. The Morgan fingerprint density at radius 1 is 1.36 bits per heavy atom. The van der Waals surface area contributed by atoms with E-state index in [4.69, 9.17) is 4.74 Å². The number of aromatic nitrogens is 3. The molecule has 154 valence electrons. The zero-order valence-electron chi connectivity index (χ0n) is 16.7. The lowest BCUT2D eigenvalue weighted by Crippen LogP contribution is -2.36. The van der Waals surface area contributed by atoms with Crippen LogP contribution >= 0.6 is 0 Å². The molecule has 0 unspecified atom stereocenters. The van der Waals surface area contributed by atoms with Gasteiger partial charge in [0.2, 0.25) is 10.0 Å². The van der Waals surface area contributed by atoms with Crippen molar-refractivity contribution in [1.82, 2.24) is 19.5 Å². The number of hydrogen-bond donors (Lipinski definition) is 2. The molecule has 0 saturated heterocycles. The molecule has 0 spiro atoms. The lowest BCUT2D eigenvalue weighted by atomic mass is 10.3. The van der Waals surface area contributed by atoms with Crippen LogP contribution in [0.3, 0.4) is 0 Å². The van der Waals surface area contributed by atoms with Gasteiger partial charge < -0.3 is 10.1 Å². The molecular weight excluding hydrogens is 378 g/mol. The van der Waals surface area contributed by atoms with E-state index in [2.05, 4.69) is 20.1 Å². The van der Waals surface area contributed by atoms with Crippen LogP contribution in [0.5, 0.6) is 0 Å². The standard InChI is InChI=1S/C19H29N5O3S/c1-15(2)27-11-5-8-20-18-17(12-16(3)13-21-18)28(25,26)23-14-19(6-7-19)24-10-4-9-22-24/h4,9-10,12-13,15,23H,5-8,11,14H2,1-3H3,(H,20,21). The second-order valence-electron chi connectivity index (χ2n) is 7.56. The highest BCUT2D eigenvalue weighted by molar-refractivity contribution is 7.89. The summed E-state index contributed by atoms with van der Waals surface area (Å²) in [5.41, 5.74) is 0.539. The summed E-state index contributed by atoms with van der Waals surface area (Å²) >= 11 is 0. The van der Waals surface area contributed by atoms with Gasteiger partial charge >= 0.3 is 0 Å². The van der Waals surface area contributed by atoms with E-state index in [1.165, 1.54) is 0 Å². The van der Waals surface area contributed by atoms with E-state index in [-0.39, 0.29) is 16.5 Å². The molecule has 1 fully saturated rings. The number of ether oxygens (including phenoxy) is 1. The first kappa shape index (κ1) is 20.8. The number of sulfonamides is 1. The zero-order chi connectivity index (χ0) is 20.2. The maximum absolute atomic E-state index is 13.0. The average molecular weight is 408 g/mol. The maximum atomic E-state index is 13.0. The molecule has 28 heavy (non-hydrogen) atoms. The van der Waals surface area contributed by atoms with E-state index in [1.807, 2.05) is 37.7 Å². The summed E-state index contributed by atoms with van der Waals surface area (Å²) in [7, 11) is -3.70. The molecule has 0 atom stereocenters. The van der Waals surface area contributed by atoms with Gasteiger partial charge in [-0.05, 0) is 57.7 Å². The Labute approximate surface area is 166 Å². The molecule has 3 rings (SSSR count). The molecule has 9 heteroatoms. The summed E-state index contributed by atoms with van der Waals surface area (Å²) in [5.74, 6) is 0.367. The first-order valence-corrected chi connectivity index (χ1v) is 11.1. The lowest BCUT2D eigenvalue weighted by molar-refractivity contribution is 0.0787. The lowest BCUT2D eigenvalue weighted by Gasteiger charge is -2.18. The Balaban J connectivity index is 1.66. The topological polar surface area (TPSA) is 98.1 Å². The van der Waals surface area contributed by atoms with Crippen LogP contribution in [-0.4, -0.2) is 49.0 Å². The number of nitrogens with one attached hydrogen (secondary N) is 2. The molecule has 0 aliphatic heterocycles. The van der Waals surface area contributed by atoms with Crippen molar-refractivity contribution in [2.45, 2.75) is 56.6 Å². The highest BCUT2D eigenvalue weighted by atomic mass is 32.2. The number of anilines is 1. The summed E-state index contributed by atoms with van der Waals surface area (Å²) in [6, 6.07) is 3.50. The number of nitrogens with zero attached hydrogens (tertiary/aromatic N) is 3. The Morgan fingerprint density at radius 2 is 2.14 bits per heavy atom. The minimum absolute atomic E-state index is 0.175. The van der Waals surface area contributed by atoms with Gasteiger partial charge in [0.1, 0.15) is 10.7 Å². The molecule has 2 aromatic heterocycles. The van der Waals surface area contributed by atoms with Crippen molar-refractivity contribution < 1.29 is 13.2 Å². The first-order chi connectivity index (χ1) is 13.3. The quantitative estimate of drug-likeness (QED) is 0.555. The molecule has 8 nitrogen and oxygen atoms in total. The van der Waals surface area contributed by atoms with Crippen molar-refractivity contribution in [2.24, 2.45) is 0 Å². The van der Waals surface area contributed by atoms with Crippen molar-refractivity contribution in [3.8, 4) is 0 Å². The average Bonchev–Trinajstić information content (AvgIpc) is 3.23. The molecule has 0 radical (unpaired) electrons. The SMILES string of the molecule is Cc1cnc(NCCCOC(C)C)c(S(=O)(=O)NCC2(n3cccn3)CC2)c1. The zero-order valence-corrected chi connectivity index (χ0v) is 17.5. The van der Waals surface area contributed by atoms with Crippen molar-refractivity contribution in [1.29, 1.82) is 0 Å². The molecule has 1 saturated carbocycles. The first-order valence-electron chi connectivity index (χ1n) is 9.64. The third kappa shape index (κ3) is 5.09.